The molecule has 0 aromatic carbocycles. The first kappa shape index (κ1) is 11.9. The molecule has 0 heterocycles. The first-order chi connectivity index (χ1) is 6.35. The molecule has 0 aliphatic heterocycles. The molecule has 0 saturated carbocycles. The minimum atomic E-state index is -0.0283. The fourth-order valence-corrected chi connectivity index (χ4v) is 1.05. The highest BCUT2D eigenvalue weighted by Gasteiger charge is 2.01. The molecular weight excluding hydrogens is 168 g/mol. The molecule has 0 aliphatic rings. The van der Waals surface area contributed by atoms with Crippen LogP contribution in [0.2, 0.25) is 0 Å². The van der Waals surface area contributed by atoms with Crippen molar-refractivity contribution >= 4 is 6.29 Å². The Labute approximate surface area is 78.1 Å². The number of carbonyl (C=O) groups excluding carboxylic acids is 1. The minimum Gasteiger partial charge on any atom is -0.311 e. The van der Waals surface area contributed by atoms with Crippen LogP contribution in [0.15, 0.2) is 5.11 Å². The van der Waals surface area contributed by atoms with Crippen molar-refractivity contribution in [3.8, 4) is 0 Å². The van der Waals surface area contributed by atoms with E-state index >= 15 is 0 Å². The number of aldehydes is 1. The summed E-state index contributed by atoms with van der Waals surface area (Å²) in [5.74, 6) is 0. The number of rotatable bonds is 8. The molecule has 0 rings (SSSR count). The predicted molar refractivity (Wildman–Crippen MR) is 51.4 cm³/mol. The highest BCUT2D eigenvalue weighted by molar-refractivity contribution is 5.57. The second-order valence-corrected chi connectivity index (χ2v) is 2.84. The van der Waals surface area contributed by atoms with Gasteiger partial charge in [0.25, 0.3) is 0 Å². The zero-order chi connectivity index (χ0) is 9.94. The third-order valence-corrected chi connectivity index (χ3v) is 1.87. The van der Waals surface area contributed by atoms with Crippen LogP contribution in [-0.4, -0.2) is 25.9 Å². The molecule has 0 radical (unpaired) electrons. The Morgan fingerprint density at radius 3 is 2.85 bits per heavy atom. The quantitative estimate of drug-likeness (QED) is 0.205. The first-order valence-electron chi connectivity index (χ1n) is 4.48. The standard InChI is InChI=1S/C8H16N4O/c1-10-8(7-13)5-3-2-4-6-11-12-9/h7-8,10H,2-6H2,1H3/t8-/m1/s1. The summed E-state index contributed by atoms with van der Waals surface area (Å²) in [5.41, 5.74) is 7.99. The van der Waals surface area contributed by atoms with E-state index in [0.29, 0.717) is 6.54 Å². The van der Waals surface area contributed by atoms with Gasteiger partial charge >= 0.3 is 0 Å². The van der Waals surface area contributed by atoms with Gasteiger partial charge in [-0.15, -0.1) is 0 Å². The van der Waals surface area contributed by atoms with Crippen LogP contribution >= 0.6 is 0 Å². The molecule has 0 fully saturated rings. The van der Waals surface area contributed by atoms with Gasteiger partial charge in [-0.1, -0.05) is 18.0 Å². The molecule has 0 aliphatic carbocycles. The van der Waals surface area contributed by atoms with Crippen molar-refractivity contribution < 1.29 is 4.79 Å². The number of nitrogens with zero attached hydrogens (tertiary/aromatic N) is 3. The van der Waals surface area contributed by atoms with Gasteiger partial charge in [0.2, 0.25) is 0 Å². The van der Waals surface area contributed by atoms with Crippen LogP contribution in [0.5, 0.6) is 0 Å². The molecule has 1 N–H and O–H groups in total. The van der Waals surface area contributed by atoms with Crippen molar-refractivity contribution in [2.75, 3.05) is 13.6 Å². The summed E-state index contributed by atoms with van der Waals surface area (Å²) >= 11 is 0. The lowest BCUT2D eigenvalue weighted by Crippen LogP contribution is -2.26. The number of azide groups is 1. The highest BCUT2D eigenvalue weighted by atomic mass is 16.1. The summed E-state index contributed by atoms with van der Waals surface area (Å²) in [6, 6.07) is -0.0283. The first-order valence-corrected chi connectivity index (χ1v) is 4.48. The molecule has 0 spiro atoms. The average Bonchev–Trinajstić information content (AvgIpc) is 2.17. The topological polar surface area (TPSA) is 77.9 Å². The van der Waals surface area contributed by atoms with Crippen LogP contribution in [0.25, 0.3) is 10.4 Å². The van der Waals surface area contributed by atoms with E-state index in [1.54, 1.807) is 7.05 Å². The Morgan fingerprint density at radius 2 is 2.31 bits per heavy atom. The number of likely N-dealkylation sites (N-methyl/N-ethyl adjacent to an activating group) is 1. The molecule has 5 nitrogen and oxygen atoms in total. The van der Waals surface area contributed by atoms with Gasteiger partial charge in [0.15, 0.2) is 0 Å². The predicted octanol–water partition coefficient (Wildman–Crippen LogP) is 1.64. The van der Waals surface area contributed by atoms with Crippen molar-refractivity contribution in [2.24, 2.45) is 5.11 Å². The Bertz CT molecular complexity index is 177. The molecule has 0 bridgehead atoms. The SMILES string of the molecule is CN[C@@H](C=O)CCCCCN=[N+]=[N-]. The molecule has 0 aromatic heterocycles. The fraction of sp³-hybridized carbons (Fsp3) is 0.875. The van der Waals surface area contributed by atoms with E-state index in [4.69, 9.17) is 5.53 Å². The Morgan fingerprint density at radius 1 is 1.54 bits per heavy atom. The normalized spacial score (nSPS) is 11.8. The maximum absolute atomic E-state index is 10.4. The monoisotopic (exact) mass is 184 g/mol. The zero-order valence-corrected chi connectivity index (χ0v) is 7.94. The van der Waals surface area contributed by atoms with Gasteiger partial charge in [-0.2, -0.15) is 0 Å². The van der Waals surface area contributed by atoms with Crippen LogP contribution in [0.4, 0.5) is 0 Å². The van der Waals surface area contributed by atoms with E-state index in [2.05, 4.69) is 15.3 Å². The number of hydrogen-bond donors (Lipinski definition) is 1. The molecular formula is C8H16N4O. The van der Waals surface area contributed by atoms with Gasteiger partial charge in [0.05, 0.1) is 6.04 Å². The van der Waals surface area contributed by atoms with Crippen molar-refractivity contribution in [1.29, 1.82) is 0 Å². The van der Waals surface area contributed by atoms with Crippen molar-refractivity contribution in [2.45, 2.75) is 31.7 Å². The van der Waals surface area contributed by atoms with Crippen LogP contribution in [0.3, 0.4) is 0 Å². The summed E-state index contributed by atoms with van der Waals surface area (Å²) in [4.78, 5) is 13.0. The molecule has 13 heavy (non-hydrogen) atoms. The third kappa shape index (κ3) is 7.31. The number of unbranched alkanes of at least 4 members (excludes halogenated alkanes) is 2. The Hall–Kier alpha value is -1.06. The molecule has 0 aromatic rings. The minimum absolute atomic E-state index is 0.0283. The van der Waals surface area contributed by atoms with E-state index in [9.17, 15) is 4.79 Å². The third-order valence-electron chi connectivity index (χ3n) is 1.87. The van der Waals surface area contributed by atoms with Crippen LogP contribution in [0.1, 0.15) is 25.7 Å². The van der Waals surface area contributed by atoms with Gasteiger partial charge in [-0.05, 0) is 25.4 Å². The van der Waals surface area contributed by atoms with Gasteiger partial charge in [0.1, 0.15) is 6.29 Å². The Balaban J connectivity index is 3.23. The number of carbonyl (C=O) groups is 1. The van der Waals surface area contributed by atoms with E-state index in [1.807, 2.05) is 0 Å². The molecule has 0 unspecified atom stereocenters. The summed E-state index contributed by atoms with van der Waals surface area (Å²) in [6.07, 6.45) is 4.68. The lowest BCUT2D eigenvalue weighted by molar-refractivity contribution is -0.109. The molecule has 0 saturated heterocycles. The van der Waals surface area contributed by atoms with Gasteiger partial charge in [-0.3, -0.25) is 0 Å². The maximum atomic E-state index is 10.4. The number of nitrogens with one attached hydrogen (secondary N) is 1. The lowest BCUT2D eigenvalue weighted by atomic mass is 10.1. The molecule has 0 amide bonds. The Kier molecular flexibility index (Phi) is 8.30. The van der Waals surface area contributed by atoms with Crippen molar-refractivity contribution in [3.63, 3.8) is 0 Å². The molecule has 5 heteroatoms. The average molecular weight is 184 g/mol. The summed E-state index contributed by atoms with van der Waals surface area (Å²) in [7, 11) is 1.78. The summed E-state index contributed by atoms with van der Waals surface area (Å²) < 4.78 is 0. The van der Waals surface area contributed by atoms with E-state index in [-0.39, 0.29) is 6.04 Å². The summed E-state index contributed by atoms with van der Waals surface area (Å²) in [5, 5.41) is 6.33. The number of hydrogen-bond acceptors (Lipinski definition) is 3. The van der Waals surface area contributed by atoms with Crippen molar-refractivity contribution in [3.05, 3.63) is 10.4 Å². The van der Waals surface area contributed by atoms with Crippen LogP contribution in [-0.2, 0) is 4.79 Å². The molecule has 74 valence electrons. The fourth-order valence-electron chi connectivity index (χ4n) is 1.05. The lowest BCUT2D eigenvalue weighted by Gasteiger charge is -2.06. The second kappa shape index (κ2) is 9.03. The van der Waals surface area contributed by atoms with Crippen LogP contribution in [0, 0.1) is 0 Å². The second-order valence-electron chi connectivity index (χ2n) is 2.84. The van der Waals surface area contributed by atoms with E-state index < -0.39 is 0 Å². The molecule has 1 atom stereocenters. The van der Waals surface area contributed by atoms with Gasteiger partial charge in [-0.25, -0.2) is 0 Å². The highest BCUT2D eigenvalue weighted by Crippen LogP contribution is 2.02. The zero-order valence-electron chi connectivity index (χ0n) is 7.94. The van der Waals surface area contributed by atoms with Crippen LogP contribution < -0.4 is 5.32 Å². The van der Waals surface area contributed by atoms with Gasteiger partial charge < -0.3 is 10.1 Å². The van der Waals surface area contributed by atoms with E-state index in [0.717, 1.165) is 32.0 Å². The van der Waals surface area contributed by atoms with Gasteiger partial charge in [0, 0.05) is 11.5 Å². The smallest absolute Gasteiger partial charge is 0.136 e. The maximum Gasteiger partial charge on any atom is 0.136 e. The van der Waals surface area contributed by atoms with E-state index in [1.165, 1.54) is 0 Å². The largest absolute Gasteiger partial charge is 0.311 e. The van der Waals surface area contributed by atoms with Crippen molar-refractivity contribution in [1.82, 2.24) is 5.32 Å². The summed E-state index contributed by atoms with van der Waals surface area (Å²) in [6.45, 7) is 0.557.